The van der Waals surface area contributed by atoms with E-state index in [1.165, 1.54) is 0 Å². The summed E-state index contributed by atoms with van der Waals surface area (Å²) < 4.78 is 0. The maximum absolute atomic E-state index is 10.8. The molecule has 0 bridgehead atoms. The number of hydrogen-bond acceptors (Lipinski definition) is 3. The van der Waals surface area contributed by atoms with E-state index in [2.05, 4.69) is 4.84 Å². The zero-order valence-corrected chi connectivity index (χ0v) is 7.50. The molecule has 4 heteroatoms. The van der Waals surface area contributed by atoms with Crippen molar-refractivity contribution in [2.75, 3.05) is 0 Å². The predicted octanol–water partition coefficient (Wildman–Crippen LogP) is 1.25. The first-order valence-corrected chi connectivity index (χ1v) is 3.78. The molecule has 0 unspecified atom stereocenters. The summed E-state index contributed by atoms with van der Waals surface area (Å²) in [4.78, 5) is 15.3. The van der Waals surface area contributed by atoms with Crippen LogP contribution in [0, 0.1) is 13.8 Å². The Morgan fingerprint density at radius 2 is 2.08 bits per heavy atom. The van der Waals surface area contributed by atoms with Gasteiger partial charge in [-0.15, -0.1) is 0 Å². The molecule has 0 spiro atoms. The summed E-state index contributed by atoms with van der Waals surface area (Å²) in [6, 6.07) is 3.32. The van der Waals surface area contributed by atoms with Gasteiger partial charge in [0.2, 0.25) is 0 Å². The zero-order chi connectivity index (χ0) is 10.0. The molecule has 0 saturated heterocycles. The van der Waals surface area contributed by atoms with Crippen LogP contribution in [0.3, 0.4) is 0 Å². The van der Waals surface area contributed by atoms with E-state index in [4.69, 9.17) is 11.0 Å². The lowest BCUT2D eigenvalue weighted by atomic mass is 10.0. The minimum absolute atomic E-state index is 0.253. The van der Waals surface area contributed by atoms with Gasteiger partial charge in [0.15, 0.2) is 5.75 Å². The molecule has 3 N–H and O–H groups in total. The Hall–Kier alpha value is -1.55. The van der Waals surface area contributed by atoms with Gasteiger partial charge in [-0.05, 0) is 25.5 Å². The Bertz CT molecular complexity index is 347. The molecule has 1 aromatic rings. The molecule has 70 valence electrons. The van der Waals surface area contributed by atoms with Crippen molar-refractivity contribution in [3.05, 3.63) is 28.8 Å². The molecule has 0 aromatic heterocycles. The summed E-state index contributed by atoms with van der Waals surface area (Å²) in [6.07, 6.45) is 0. The normalized spacial score (nSPS) is 9.77. The largest absolute Gasteiger partial charge is 0.478 e. The third-order valence-corrected chi connectivity index (χ3v) is 1.96. The summed E-state index contributed by atoms with van der Waals surface area (Å²) in [7, 11) is 0. The molecular weight excluding hydrogens is 170 g/mol. The highest BCUT2D eigenvalue weighted by Crippen LogP contribution is 2.23. The van der Waals surface area contributed by atoms with Crippen LogP contribution in [0.2, 0.25) is 0 Å². The third-order valence-electron chi connectivity index (χ3n) is 1.96. The maximum atomic E-state index is 10.8. The topological polar surface area (TPSA) is 72.5 Å². The van der Waals surface area contributed by atoms with E-state index in [1.807, 2.05) is 0 Å². The molecular formula is C9H11NO3. The van der Waals surface area contributed by atoms with Crippen LogP contribution >= 0.6 is 0 Å². The van der Waals surface area contributed by atoms with Gasteiger partial charge in [-0.25, -0.2) is 4.79 Å². The van der Waals surface area contributed by atoms with Crippen LogP contribution in [0.4, 0.5) is 0 Å². The fourth-order valence-corrected chi connectivity index (χ4v) is 1.28. The number of hydrogen-bond donors (Lipinski definition) is 2. The number of nitrogens with two attached hydrogens (primary N) is 1. The van der Waals surface area contributed by atoms with Gasteiger partial charge in [0, 0.05) is 5.56 Å². The van der Waals surface area contributed by atoms with Gasteiger partial charge in [0.25, 0.3) is 0 Å². The zero-order valence-electron chi connectivity index (χ0n) is 7.50. The Kier molecular flexibility index (Phi) is 2.53. The minimum Gasteiger partial charge on any atom is -0.478 e. The van der Waals surface area contributed by atoms with Gasteiger partial charge < -0.3 is 9.94 Å². The van der Waals surface area contributed by atoms with Gasteiger partial charge >= 0.3 is 5.97 Å². The minimum atomic E-state index is -0.964. The summed E-state index contributed by atoms with van der Waals surface area (Å²) >= 11 is 0. The van der Waals surface area contributed by atoms with Crippen LogP contribution in [0.15, 0.2) is 12.1 Å². The van der Waals surface area contributed by atoms with Crippen molar-refractivity contribution in [3.8, 4) is 5.75 Å². The molecule has 0 heterocycles. The Morgan fingerprint density at radius 1 is 1.46 bits per heavy atom. The highest BCUT2D eigenvalue weighted by Gasteiger charge is 2.13. The number of carboxylic acid groups (broad SMARTS) is 1. The van der Waals surface area contributed by atoms with Crippen molar-refractivity contribution < 1.29 is 14.7 Å². The van der Waals surface area contributed by atoms with Crippen molar-refractivity contribution in [1.82, 2.24) is 0 Å². The van der Waals surface area contributed by atoms with Crippen molar-refractivity contribution in [2.45, 2.75) is 13.8 Å². The molecule has 0 saturated carbocycles. The van der Waals surface area contributed by atoms with E-state index < -0.39 is 5.97 Å². The van der Waals surface area contributed by atoms with E-state index in [1.54, 1.807) is 26.0 Å². The van der Waals surface area contributed by atoms with Crippen LogP contribution in [0.1, 0.15) is 21.5 Å². The second-order valence-corrected chi connectivity index (χ2v) is 2.80. The first-order chi connectivity index (χ1) is 6.07. The Morgan fingerprint density at radius 3 is 2.54 bits per heavy atom. The predicted molar refractivity (Wildman–Crippen MR) is 47.7 cm³/mol. The molecule has 0 atom stereocenters. The maximum Gasteiger partial charge on any atom is 0.336 e. The molecule has 0 aliphatic carbocycles. The summed E-state index contributed by atoms with van der Waals surface area (Å²) in [6.45, 7) is 3.40. The smallest absolute Gasteiger partial charge is 0.336 e. The van der Waals surface area contributed by atoms with Crippen molar-refractivity contribution in [1.29, 1.82) is 0 Å². The second kappa shape index (κ2) is 3.45. The molecule has 0 radical (unpaired) electrons. The van der Waals surface area contributed by atoms with Gasteiger partial charge in [-0.2, -0.15) is 5.90 Å². The molecule has 1 rings (SSSR count). The van der Waals surface area contributed by atoms with Crippen LogP contribution in [-0.4, -0.2) is 11.1 Å². The molecule has 0 aliphatic rings. The van der Waals surface area contributed by atoms with Crippen LogP contribution in [0.25, 0.3) is 0 Å². The number of aromatic carboxylic acids is 1. The van der Waals surface area contributed by atoms with Gasteiger partial charge in [0.05, 0.1) is 5.56 Å². The number of carboxylic acids is 1. The molecule has 13 heavy (non-hydrogen) atoms. The monoisotopic (exact) mass is 181 g/mol. The summed E-state index contributed by atoms with van der Waals surface area (Å²) in [5.74, 6) is 4.40. The number of rotatable bonds is 2. The number of carbonyl (C=O) groups is 1. The first-order valence-electron chi connectivity index (χ1n) is 3.78. The molecule has 0 amide bonds. The second-order valence-electron chi connectivity index (χ2n) is 2.80. The SMILES string of the molecule is Cc1ccc(ON)c(C)c1C(=O)O. The van der Waals surface area contributed by atoms with E-state index in [0.717, 1.165) is 0 Å². The summed E-state index contributed by atoms with van der Waals surface area (Å²) in [5, 5.41) is 8.87. The van der Waals surface area contributed by atoms with E-state index in [-0.39, 0.29) is 5.56 Å². The van der Waals surface area contributed by atoms with Crippen molar-refractivity contribution >= 4 is 5.97 Å². The van der Waals surface area contributed by atoms with Gasteiger partial charge in [0.1, 0.15) is 0 Å². The highest BCUT2D eigenvalue weighted by atomic mass is 16.6. The molecule has 4 nitrogen and oxygen atoms in total. The fraction of sp³-hybridized carbons (Fsp3) is 0.222. The van der Waals surface area contributed by atoms with Gasteiger partial charge in [-0.3, -0.25) is 0 Å². The Balaban J connectivity index is 3.38. The lowest BCUT2D eigenvalue weighted by Crippen LogP contribution is -2.08. The fourth-order valence-electron chi connectivity index (χ4n) is 1.28. The number of aryl methyl sites for hydroxylation is 1. The van der Waals surface area contributed by atoms with Crippen molar-refractivity contribution in [3.63, 3.8) is 0 Å². The lowest BCUT2D eigenvalue weighted by Gasteiger charge is -2.08. The van der Waals surface area contributed by atoms with Crippen LogP contribution < -0.4 is 10.7 Å². The molecule has 0 aliphatic heterocycles. The van der Waals surface area contributed by atoms with E-state index >= 15 is 0 Å². The summed E-state index contributed by atoms with van der Waals surface area (Å²) in [5.41, 5.74) is 1.50. The number of benzene rings is 1. The average molecular weight is 181 g/mol. The quantitative estimate of drug-likeness (QED) is 0.673. The van der Waals surface area contributed by atoms with E-state index in [0.29, 0.717) is 16.9 Å². The lowest BCUT2D eigenvalue weighted by molar-refractivity contribution is 0.0694. The first kappa shape index (κ1) is 9.54. The molecule has 0 fully saturated rings. The van der Waals surface area contributed by atoms with E-state index in [9.17, 15) is 4.79 Å². The van der Waals surface area contributed by atoms with Crippen molar-refractivity contribution in [2.24, 2.45) is 5.90 Å². The Labute approximate surface area is 75.9 Å². The highest BCUT2D eigenvalue weighted by molar-refractivity contribution is 5.91. The molecule has 1 aromatic carbocycles. The average Bonchev–Trinajstić information content (AvgIpc) is 2.04. The van der Waals surface area contributed by atoms with Crippen LogP contribution in [0.5, 0.6) is 5.75 Å². The third kappa shape index (κ3) is 1.62. The van der Waals surface area contributed by atoms with Crippen LogP contribution in [-0.2, 0) is 0 Å². The van der Waals surface area contributed by atoms with Gasteiger partial charge in [-0.1, -0.05) is 6.07 Å². The standard InChI is InChI=1S/C9H11NO3/c1-5-3-4-7(13-10)6(2)8(5)9(11)12/h3-4H,10H2,1-2H3,(H,11,12).